The van der Waals surface area contributed by atoms with Crippen LogP contribution >= 0.6 is 0 Å². The van der Waals surface area contributed by atoms with Crippen LogP contribution in [-0.4, -0.2) is 55.6 Å². The van der Waals surface area contributed by atoms with Crippen molar-refractivity contribution in [1.29, 1.82) is 0 Å². The minimum Gasteiger partial charge on any atom is -0.326 e. The molecule has 17 heavy (non-hydrogen) atoms. The van der Waals surface area contributed by atoms with E-state index in [1.54, 1.807) is 0 Å². The molecule has 2 atom stereocenters. The average molecular weight is 241 g/mol. The number of hydrogen-bond donors (Lipinski definition) is 1. The van der Waals surface area contributed by atoms with Crippen LogP contribution in [0.5, 0.6) is 0 Å². The molecule has 0 spiro atoms. The molecule has 0 saturated heterocycles. The molecular weight excluding hydrogens is 210 g/mol. The second-order valence-electron chi connectivity index (χ2n) is 5.91. The Kier molecular flexibility index (Phi) is 6.45. The molecule has 1 fully saturated rings. The predicted octanol–water partition coefficient (Wildman–Crippen LogP) is 1.78. The molecule has 1 rings (SSSR count). The summed E-state index contributed by atoms with van der Waals surface area (Å²) in [5.74, 6) is 0.774. The van der Waals surface area contributed by atoms with Gasteiger partial charge in [-0.2, -0.15) is 0 Å². The second kappa shape index (κ2) is 7.34. The lowest BCUT2D eigenvalue weighted by Gasteiger charge is -2.33. The molecule has 1 aliphatic carbocycles. The molecule has 0 amide bonds. The van der Waals surface area contributed by atoms with Crippen LogP contribution in [0.15, 0.2) is 0 Å². The zero-order valence-electron chi connectivity index (χ0n) is 12.2. The third-order valence-corrected chi connectivity index (χ3v) is 4.11. The summed E-state index contributed by atoms with van der Waals surface area (Å²) in [7, 11) is 4.28. The summed E-state index contributed by atoms with van der Waals surface area (Å²) >= 11 is 0. The molecule has 3 nitrogen and oxygen atoms in total. The Labute approximate surface area is 107 Å². The van der Waals surface area contributed by atoms with Crippen molar-refractivity contribution in [2.75, 3.05) is 33.7 Å². The highest BCUT2D eigenvalue weighted by atomic mass is 15.2. The van der Waals surface area contributed by atoms with E-state index in [2.05, 4.69) is 37.7 Å². The van der Waals surface area contributed by atoms with Crippen molar-refractivity contribution < 1.29 is 0 Å². The van der Waals surface area contributed by atoms with Crippen molar-refractivity contribution in [3.05, 3.63) is 0 Å². The van der Waals surface area contributed by atoms with Crippen molar-refractivity contribution >= 4 is 0 Å². The van der Waals surface area contributed by atoms with Gasteiger partial charge in [0.2, 0.25) is 0 Å². The molecule has 0 radical (unpaired) electrons. The van der Waals surface area contributed by atoms with Gasteiger partial charge in [-0.05, 0) is 46.3 Å². The van der Waals surface area contributed by atoms with Gasteiger partial charge in [0.05, 0.1) is 0 Å². The zero-order valence-corrected chi connectivity index (χ0v) is 12.2. The van der Waals surface area contributed by atoms with E-state index in [9.17, 15) is 0 Å². The summed E-state index contributed by atoms with van der Waals surface area (Å²) in [6.45, 7) is 7.84. The van der Waals surface area contributed by atoms with Crippen molar-refractivity contribution in [3.8, 4) is 0 Å². The van der Waals surface area contributed by atoms with Crippen molar-refractivity contribution in [2.24, 2.45) is 11.7 Å². The van der Waals surface area contributed by atoms with E-state index in [-0.39, 0.29) is 0 Å². The minimum atomic E-state index is 0.377. The minimum absolute atomic E-state index is 0.377. The molecule has 3 heteroatoms. The van der Waals surface area contributed by atoms with E-state index < -0.39 is 0 Å². The van der Waals surface area contributed by atoms with Gasteiger partial charge in [0.15, 0.2) is 0 Å². The van der Waals surface area contributed by atoms with Crippen LogP contribution in [0.1, 0.15) is 39.5 Å². The monoisotopic (exact) mass is 241 g/mol. The summed E-state index contributed by atoms with van der Waals surface area (Å²) in [4.78, 5) is 4.79. The molecule has 0 aromatic rings. The Balaban J connectivity index is 2.39. The fourth-order valence-electron chi connectivity index (χ4n) is 3.07. The maximum Gasteiger partial charge on any atom is 0.0196 e. The summed E-state index contributed by atoms with van der Waals surface area (Å²) in [5.41, 5.74) is 6.37. The molecule has 0 heterocycles. The summed E-state index contributed by atoms with van der Waals surface area (Å²) < 4.78 is 0. The highest BCUT2D eigenvalue weighted by molar-refractivity contribution is 4.82. The third-order valence-electron chi connectivity index (χ3n) is 4.11. The Morgan fingerprint density at radius 2 is 1.76 bits per heavy atom. The van der Waals surface area contributed by atoms with Gasteiger partial charge < -0.3 is 10.6 Å². The van der Waals surface area contributed by atoms with E-state index in [0.717, 1.165) is 25.6 Å². The van der Waals surface area contributed by atoms with E-state index >= 15 is 0 Å². The maximum atomic E-state index is 6.37. The Morgan fingerprint density at radius 1 is 1.18 bits per heavy atom. The lowest BCUT2D eigenvalue weighted by atomic mass is 9.98. The Bertz CT molecular complexity index is 200. The lowest BCUT2D eigenvalue weighted by molar-refractivity contribution is 0.159. The van der Waals surface area contributed by atoms with E-state index in [0.29, 0.717) is 12.1 Å². The molecule has 2 unspecified atom stereocenters. The number of hydrogen-bond acceptors (Lipinski definition) is 3. The molecule has 0 aromatic heterocycles. The molecular formula is C14H31N3. The Morgan fingerprint density at radius 3 is 2.24 bits per heavy atom. The zero-order chi connectivity index (χ0) is 12.8. The second-order valence-corrected chi connectivity index (χ2v) is 5.91. The standard InChI is InChI=1S/C14H31N3/c1-5-17(12(2)10-16(3)4)11-14(15)13-8-6-7-9-13/h12-14H,5-11,15H2,1-4H3. The lowest BCUT2D eigenvalue weighted by Crippen LogP contribution is -2.47. The Hall–Kier alpha value is -0.120. The van der Waals surface area contributed by atoms with Crippen LogP contribution in [0.2, 0.25) is 0 Å². The van der Waals surface area contributed by atoms with Crippen molar-refractivity contribution in [2.45, 2.75) is 51.6 Å². The fourth-order valence-corrected chi connectivity index (χ4v) is 3.07. The smallest absolute Gasteiger partial charge is 0.0196 e. The largest absolute Gasteiger partial charge is 0.326 e. The van der Waals surface area contributed by atoms with E-state index in [4.69, 9.17) is 5.73 Å². The fraction of sp³-hybridized carbons (Fsp3) is 1.00. The molecule has 1 aliphatic rings. The van der Waals surface area contributed by atoms with Gasteiger partial charge in [-0.1, -0.05) is 19.8 Å². The van der Waals surface area contributed by atoms with E-state index in [1.165, 1.54) is 25.7 Å². The van der Waals surface area contributed by atoms with Gasteiger partial charge in [0, 0.05) is 25.2 Å². The van der Waals surface area contributed by atoms with Crippen LogP contribution in [0.4, 0.5) is 0 Å². The number of rotatable bonds is 7. The highest BCUT2D eigenvalue weighted by Crippen LogP contribution is 2.27. The van der Waals surface area contributed by atoms with Crippen LogP contribution in [0.25, 0.3) is 0 Å². The van der Waals surface area contributed by atoms with Crippen LogP contribution in [0, 0.1) is 5.92 Å². The summed E-state index contributed by atoms with van der Waals surface area (Å²) in [6.07, 6.45) is 5.47. The van der Waals surface area contributed by atoms with Gasteiger partial charge in [-0.15, -0.1) is 0 Å². The average Bonchev–Trinajstić information content (AvgIpc) is 2.77. The first-order valence-electron chi connectivity index (χ1n) is 7.19. The topological polar surface area (TPSA) is 32.5 Å². The van der Waals surface area contributed by atoms with Gasteiger partial charge in [0.1, 0.15) is 0 Å². The maximum absolute atomic E-state index is 6.37. The van der Waals surface area contributed by atoms with Crippen LogP contribution in [0.3, 0.4) is 0 Å². The summed E-state index contributed by atoms with van der Waals surface area (Å²) in [5, 5.41) is 0. The molecule has 102 valence electrons. The van der Waals surface area contributed by atoms with Crippen molar-refractivity contribution in [1.82, 2.24) is 9.80 Å². The van der Waals surface area contributed by atoms with Gasteiger partial charge >= 0.3 is 0 Å². The van der Waals surface area contributed by atoms with Gasteiger partial charge in [-0.25, -0.2) is 0 Å². The van der Waals surface area contributed by atoms with E-state index in [1.807, 2.05) is 0 Å². The number of likely N-dealkylation sites (N-methyl/N-ethyl adjacent to an activating group) is 2. The van der Waals surface area contributed by atoms with Gasteiger partial charge in [0.25, 0.3) is 0 Å². The third kappa shape index (κ3) is 4.94. The quantitative estimate of drug-likeness (QED) is 0.737. The highest BCUT2D eigenvalue weighted by Gasteiger charge is 2.24. The predicted molar refractivity (Wildman–Crippen MR) is 75.2 cm³/mol. The van der Waals surface area contributed by atoms with Gasteiger partial charge in [-0.3, -0.25) is 4.90 Å². The van der Waals surface area contributed by atoms with Crippen LogP contribution < -0.4 is 5.73 Å². The van der Waals surface area contributed by atoms with Crippen molar-refractivity contribution in [3.63, 3.8) is 0 Å². The van der Waals surface area contributed by atoms with Crippen LogP contribution in [-0.2, 0) is 0 Å². The molecule has 0 bridgehead atoms. The first-order valence-corrected chi connectivity index (χ1v) is 7.19. The first kappa shape index (κ1) is 14.9. The molecule has 0 aromatic carbocycles. The normalized spacial score (nSPS) is 21.4. The number of nitrogens with zero attached hydrogens (tertiary/aromatic N) is 2. The summed E-state index contributed by atoms with van der Waals surface area (Å²) in [6, 6.07) is 0.976. The first-order chi connectivity index (χ1) is 8.04. The molecule has 2 N–H and O–H groups in total. The SMILES string of the molecule is CCN(CC(N)C1CCCC1)C(C)CN(C)C. The molecule has 0 aliphatic heterocycles. The molecule has 1 saturated carbocycles. The number of nitrogens with two attached hydrogens (primary N) is 1.